The molecule has 0 radical (unpaired) electrons. The molecule has 2 N–H and O–H groups in total. The normalized spacial score (nSPS) is 17.8. The summed E-state index contributed by atoms with van der Waals surface area (Å²) in [6.45, 7) is 2.18. The summed E-state index contributed by atoms with van der Waals surface area (Å²) in [5.74, 6) is -0.525. The van der Waals surface area contributed by atoms with E-state index in [9.17, 15) is 18.8 Å². The van der Waals surface area contributed by atoms with Crippen molar-refractivity contribution in [3.63, 3.8) is 0 Å². The fourth-order valence-corrected chi connectivity index (χ4v) is 3.16. The fraction of sp³-hybridized carbons (Fsp3) is 0.389. The number of carbonyl (C=O) groups is 1. The van der Waals surface area contributed by atoms with Crippen LogP contribution in [0.5, 0.6) is 0 Å². The maximum atomic E-state index is 13.0. The minimum absolute atomic E-state index is 0.00448. The highest BCUT2D eigenvalue weighted by atomic mass is 19.1. The Balaban J connectivity index is 1.54. The summed E-state index contributed by atoms with van der Waals surface area (Å²) in [5, 5.41) is 2.94. The number of carbonyl (C=O) groups excluding carboxylic acids is 1. The number of piperidine rings is 1. The molecular weight excluding hydrogens is 339 g/mol. The molecule has 1 aromatic heterocycles. The van der Waals surface area contributed by atoms with Gasteiger partial charge in [0, 0.05) is 31.4 Å². The molecule has 138 valence electrons. The highest BCUT2D eigenvalue weighted by molar-refractivity contribution is 5.76. The number of hydrogen-bond acceptors (Lipinski definition) is 4. The molecule has 0 spiro atoms. The average Bonchev–Trinajstić information content (AvgIpc) is 2.60. The Kier molecular flexibility index (Phi) is 5.62. The summed E-state index contributed by atoms with van der Waals surface area (Å²) in [4.78, 5) is 39.2. The fourth-order valence-electron chi connectivity index (χ4n) is 3.16. The lowest BCUT2D eigenvalue weighted by molar-refractivity contribution is -0.122. The first-order valence-electron chi connectivity index (χ1n) is 8.55. The van der Waals surface area contributed by atoms with E-state index in [0.29, 0.717) is 13.1 Å². The van der Waals surface area contributed by atoms with Gasteiger partial charge in [-0.3, -0.25) is 24.0 Å². The van der Waals surface area contributed by atoms with Crippen LogP contribution in [0.1, 0.15) is 18.4 Å². The number of rotatable bonds is 5. The van der Waals surface area contributed by atoms with Gasteiger partial charge in [-0.25, -0.2) is 9.18 Å². The zero-order chi connectivity index (χ0) is 18.5. The summed E-state index contributed by atoms with van der Waals surface area (Å²) in [7, 11) is 0. The van der Waals surface area contributed by atoms with Crippen LogP contribution in [-0.2, 0) is 17.9 Å². The van der Waals surface area contributed by atoms with Crippen molar-refractivity contribution >= 4 is 5.91 Å². The zero-order valence-electron chi connectivity index (χ0n) is 14.3. The van der Waals surface area contributed by atoms with Crippen molar-refractivity contribution in [2.24, 2.45) is 0 Å². The largest absolute Gasteiger partial charge is 0.351 e. The molecule has 1 aliphatic heterocycles. The molecule has 26 heavy (non-hydrogen) atoms. The lowest BCUT2D eigenvalue weighted by atomic mass is 10.0. The number of aromatic nitrogens is 2. The molecule has 8 heteroatoms. The van der Waals surface area contributed by atoms with E-state index in [2.05, 4.69) is 15.2 Å². The number of hydrogen-bond donors (Lipinski definition) is 2. The second-order valence-electron chi connectivity index (χ2n) is 6.51. The zero-order valence-corrected chi connectivity index (χ0v) is 14.3. The molecule has 0 saturated carbocycles. The number of nitrogens with zero attached hydrogens (tertiary/aromatic N) is 2. The standard InChI is InChI=1S/C18H21FN4O3/c19-14-5-3-13(4-6-14)10-22-8-1-2-15(11-22)20-17(25)12-23-9-7-16(24)21-18(23)26/h3-7,9,15H,1-2,8,10-12H2,(H,20,25)(H,21,24,26)/t15-/m0/s1. The van der Waals surface area contributed by atoms with Crippen LogP contribution in [0, 0.1) is 5.82 Å². The topological polar surface area (TPSA) is 87.2 Å². The summed E-state index contributed by atoms with van der Waals surface area (Å²) < 4.78 is 14.2. The van der Waals surface area contributed by atoms with E-state index in [4.69, 9.17) is 0 Å². The Morgan fingerprint density at radius 3 is 2.73 bits per heavy atom. The minimum Gasteiger partial charge on any atom is -0.351 e. The van der Waals surface area contributed by atoms with Gasteiger partial charge in [0.25, 0.3) is 5.56 Å². The molecule has 1 aromatic carbocycles. The maximum absolute atomic E-state index is 13.0. The van der Waals surface area contributed by atoms with Gasteiger partial charge >= 0.3 is 5.69 Å². The SMILES string of the molecule is O=C(Cn1ccc(=O)[nH]c1=O)N[C@H]1CCCN(Cc2ccc(F)cc2)C1. The van der Waals surface area contributed by atoms with E-state index >= 15 is 0 Å². The number of benzene rings is 1. The number of nitrogens with one attached hydrogen (secondary N) is 2. The lowest BCUT2D eigenvalue weighted by Gasteiger charge is -2.33. The number of likely N-dealkylation sites (tertiary alicyclic amines) is 1. The van der Waals surface area contributed by atoms with E-state index in [1.54, 1.807) is 12.1 Å². The molecule has 0 aliphatic carbocycles. The van der Waals surface area contributed by atoms with Crippen LogP contribution in [0.15, 0.2) is 46.1 Å². The van der Waals surface area contributed by atoms with Gasteiger partial charge in [0.15, 0.2) is 0 Å². The van der Waals surface area contributed by atoms with Crippen LogP contribution in [-0.4, -0.2) is 39.5 Å². The van der Waals surface area contributed by atoms with Gasteiger partial charge in [0.1, 0.15) is 12.4 Å². The third-order valence-electron chi connectivity index (χ3n) is 4.40. The van der Waals surface area contributed by atoms with E-state index in [0.717, 1.165) is 29.5 Å². The second kappa shape index (κ2) is 8.09. The van der Waals surface area contributed by atoms with Crippen LogP contribution < -0.4 is 16.6 Å². The lowest BCUT2D eigenvalue weighted by Crippen LogP contribution is -2.48. The van der Waals surface area contributed by atoms with Crippen LogP contribution in [0.2, 0.25) is 0 Å². The predicted molar refractivity (Wildman–Crippen MR) is 94.2 cm³/mol. The van der Waals surface area contributed by atoms with Gasteiger partial charge in [0.2, 0.25) is 5.91 Å². The summed E-state index contributed by atoms with van der Waals surface area (Å²) >= 11 is 0. The Morgan fingerprint density at radius 2 is 2.00 bits per heavy atom. The van der Waals surface area contributed by atoms with Crippen molar-refractivity contribution in [1.29, 1.82) is 0 Å². The van der Waals surface area contributed by atoms with E-state index < -0.39 is 11.2 Å². The van der Waals surface area contributed by atoms with E-state index in [1.165, 1.54) is 24.4 Å². The first-order valence-corrected chi connectivity index (χ1v) is 8.55. The molecule has 1 atom stereocenters. The van der Waals surface area contributed by atoms with Crippen LogP contribution in [0.3, 0.4) is 0 Å². The molecule has 1 saturated heterocycles. The molecule has 2 aromatic rings. The van der Waals surface area contributed by atoms with Crippen LogP contribution >= 0.6 is 0 Å². The van der Waals surface area contributed by atoms with Crippen molar-refractivity contribution in [3.05, 3.63) is 68.7 Å². The van der Waals surface area contributed by atoms with Gasteiger partial charge in [-0.2, -0.15) is 0 Å². The van der Waals surface area contributed by atoms with Crippen molar-refractivity contribution in [2.45, 2.75) is 32.0 Å². The Hall–Kier alpha value is -2.74. The quantitative estimate of drug-likeness (QED) is 0.811. The molecule has 3 rings (SSSR count). The van der Waals surface area contributed by atoms with Crippen molar-refractivity contribution in [2.75, 3.05) is 13.1 Å². The molecule has 0 bridgehead atoms. The minimum atomic E-state index is -0.603. The Morgan fingerprint density at radius 1 is 1.23 bits per heavy atom. The van der Waals surface area contributed by atoms with Gasteiger partial charge in [0.05, 0.1) is 0 Å². The molecule has 7 nitrogen and oxygen atoms in total. The number of amides is 1. The summed E-state index contributed by atoms with van der Waals surface area (Å²) in [5.41, 5.74) is -0.0669. The molecule has 1 aliphatic rings. The number of H-pyrrole nitrogens is 1. The molecule has 0 unspecified atom stereocenters. The van der Waals surface area contributed by atoms with Gasteiger partial charge < -0.3 is 5.32 Å². The third kappa shape index (κ3) is 4.89. The molecule has 2 heterocycles. The van der Waals surface area contributed by atoms with Crippen molar-refractivity contribution < 1.29 is 9.18 Å². The van der Waals surface area contributed by atoms with Crippen molar-refractivity contribution in [1.82, 2.24) is 19.8 Å². The van der Waals surface area contributed by atoms with Gasteiger partial charge in [-0.15, -0.1) is 0 Å². The molecule has 1 fully saturated rings. The smallest absolute Gasteiger partial charge is 0.328 e. The van der Waals surface area contributed by atoms with Crippen LogP contribution in [0.25, 0.3) is 0 Å². The Labute approximate surface area is 149 Å². The summed E-state index contributed by atoms with van der Waals surface area (Å²) in [6.07, 6.45) is 3.12. The number of aromatic amines is 1. The van der Waals surface area contributed by atoms with Gasteiger partial charge in [-0.1, -0.05) is 12.1 Å². The molecule has 1 amide bonds. The summed E-state index contributed by atoms with van der Waals surface area (Å²) in [6, 6.07) is 7.62. The van der Waals surface area contributed by atoms with E-state index in [-0.39, 0.29) is 24.3 Å². The first kappa shape index (κ1) is 18.1. The molecular formula is C18H21FN4O3. The second-order valence-corrected chi connectivity index (χ2v) is 6.51. The maximum Gasteiger partial charge on any atom is 0.328 e. The predicted octanol–water partition coefficient (Wildman–Crippen LogP) is 0.457. The first-order chi connectivity index (χ1) is 12.5. The van der Waals surface area contributed by atoms with Gasteiger partial charge in [-0.05, 0) is 37.1 Å². The van der Waals surface area contributed by atoms with Crippen LogP contribution in [0.4, 0.5) is 4.39 Å². The monoisotopic (exact) mass is 360 g/mol. The number of halogens is 1. The van der Waals surface area contributed by atoms with E-state index in [1.807, 2.05) is 0 Å². The highest BCUT2D eigenvalue weighted by Crippen LogP contribution is 2.14. The Bertz CT molecular complexity index is 875. The van der Waals surface area contributed by atoms with Crippen molar-refractivity contribution in [3.8, 4) is 0 Å². The third-order valence-corrected chi connectivity index (χ3v) is 4.40. The average molecular weight is 360 g/mol. The highest BCUT2D eigenvalue weighted by Gasteiger charge is 2.21.